The molecule has 1 saturated heterocycles. The molecule has 2 aromatic carbocycles. The van der Waals surface area contributed by atoms with E-state index in [9.17, 15) is 9.59 Å². The number of rotatable bonds is 4. The van der Waals surface area contributed by atoms with Gasteiger partial charge in [0.25, 0.3) is 5.91 Å². The number of methoxy groups -OCH3 is 3. The van der Waals surface area contributed by atoms with Gasteiger partial charge in [0.05, 0.1) is 32.6 Å². The molecule has 1 atom stereocenters. The zero-order valence-corrected chi connectivity index (χ0v) is 17.1. The van der Waals surface area contributed by atoms with Crippen molar-refractivity contribution in [1.29, 1.82) is 0 Å². The minimum atomic E-state index is -0.428. The highest BCUT2D eigenvalue weighted by molar-refractivity contribution is 7.80. The Morgan fingerprint density at radius 3 is 2.24 bits per heavy atom. The van der Waals surface area contributed by atoms with Gasteiger partial charge in [-0.25, -0.2) is 4.79 Å². The fraction of sp³-hybridized carbons (Fsp3) is 0.286. The highest BCUT2D eigenvalue weighted by atomic mass is 32.1. The van der Waals surface area contributed by atoms with Gasteiger partial charge < -0.3 is 19.1 Å². The van der Waals surface area contributed by atoms with Crippen LogP contribution in [0.5, 0.6) is 11.5 Å². The first-order valence-electron chi connectivity index (χ1n) is 9.05. The smallest absolute Gasteiger partial charge is 0.337 e. The molecule has 2 aliphatic rings. The fourth-order valence-electron chi connectivity index (χ4n) is 3.81. The van der Waals surface area contributed by atoms with Crippen LogP contribution in [-0.2, 0) is 22.5 Å². The van der Waals surface area contributed by atoms with Gasteiger partial charge in [0.2, 0.25) is 0 Å². The maximum atomic E-state index is 13.2. The largest absolute Gasteiger partial charge is 0.493 e. The van der Waals surface area contributed by atoms with Crippen LogP contribution in [0.2, 0.25) is 0 Å². The summed E-state index contributed by atoms with van der Waals surface area (Å²) >= 11 is 5.63. The Morgan fingerprint density at radius 1 is 1.03 bits per heavy atom. The molecule has 29 heavy (non-hydrogen) atoms. The van der Waals surface area contributed by atoms with Crippen molar-refractivity contribution in [1.82, 2.24) is 4.90 Å². The first kappa shape index (κ1) is 19.2. The van der Waals surface area contributed by atoms with Crippen molar-refractivity contribution >= 4 is 34.9 Å². The van der Waals surface area contributed by atoms with Crippen LogP contribution in [0.3, 0.4) is 0 Å². The van der Waals surface area contributed by atoms with Crippen LogP contribution in [-0.4, -0.2) is 49.3 Å². The van der Waals surface area contributed by atoms with Crippen LogP contribution in [0.4, 0.5) is 5.69 Å². The third-order valence-corrected chi connectivity index (χ3v) is 5.74. The second-order valence-corrected chi connectivity index (χ2v) is 7.18. The molecule has 7 nitrogen and oxygen atoms in total. The van der Waals surface area contributed by atoms with Crippen LogP contribution in [0.15, 0.2) is 36.4 Å². The van der Waals surface area contributed by atoms with Gasteiger partial charge in [-0.3, -0.25) is 9.69 Å². The summed E-state index contributed by atoms with van der Waals surface area (Å²) in [6.07, 6.45) is 0.533. The van der Waals surface area contributed by atoms with E-state index in [1.807, 2.05) is 17.0 Å². The van der Waals surface area contributed by atoms with Crippen LogP contribution >= 0.6 is 12.2 Å². The molecule has 1 fully saturated rings. The maximum Gasteiger partial charge on any atom is 0.337 e. The summed E-state index contributed by atoms with van der Waals surface area (Å²) in [5, 5.41) is 0.450. The lowest BCUT2D eigenvalue weighted by molar-refractivity contribution is -0.120. The predicted octanol–water partition coefficient (Wildman–Crippen LogP) is 2.55. The van der Waals surface area contributed by atoms with Crippen molar-refractivity contribution in [3.63, 3.8) is 0 Å². The van der Waals surface area contributed by atoms with Crippen molar-refractivity contribution in [2.45, 2.75) is 19.0 Å². The second kappa shape index (κ2) is 7.36. The standard InChI is InChI=1S/C21H20N2O5S/c1-26-17-9-13-8-16-19(24)23(15-6-4-12(5-7-15)20(25)28-3)21(29)22(16)11-14(13)10-18(17)27-2/h4-7,9-10,16H,8,11H2,1-3H3/t16-/m1/s1. The molecule has 0 bridgehead atoms. The Bertz CT molecular complexity index is 954. The summed E-state index contributed by atoms with van der Waals surface area (Å²) < 4.78 is 15.5. The van der Waals surface area contributed by atoms with Crippen LogP contribution in [0, 0.1) is 0 Å². The predicted molar refractivity (Wildman–Crippen MR) is 110 cm³/mol. The lowest BCUT2D eigenvalue weighted by Crippen LogP contribution is -2.40. The van der Waals surface area contributed by atoms with E-state index in [-0.39, 0.29) is 11.9 Å². The van der Waals surface area contributed by atoms with Gasteiger partial charge >= 0.3 is 5.97 Å². The molecule has 0 N–H and O–H groups in total. The van der Waals surface area contributed by atoms with Crippen molar-refractivity contribution in [2.75, 3.05) is 26.2 Å². The number of esters is 1. The molecule has 4 rings (SSSR count). The van der Waals surface area contributed by atoms with Crippen molar-refractivity contribution < 1.29 is 23.8 Å². The van der Waals surface area contributed by atoms with Crippen molar-refractivity contribution in [3.05, 3.63) is 53.1 Å². The van der Waals surface area contributed by atoms with Gasteiger partial charge in [0, 0.05) is 13.0 Å². The van der Waals surface area contributed by atoms with E-state index in [1.165, 1.54) is 12.0 Å². The van der Waals surface area contributed by atoms with Gasteiger partial charge in [-0.15, -0.1) is 0 Å². The van der Waals surface area contributed by atoms with Gasteiger partial charge in [-0.1, -0.05) is 0 Å². The number of hydrogen-bond donors (Lipinski definition) is 0. The quantitative estimate of drug-likeness (QED) is 0.565. The van der Waals surface area contributed by atoms with Crippen LogP contribution < -0.4 is 14.4 Å². The molecule has 2 heterocycles. The average Bonchev–Trinajstić information content (AvgIpc) is 3.00. The fourth-order valence-corrected chi connectivity index (χ4v) is 4.20. The number of hydrogen-bond acceptors (Lipinski definition) is 6. The Hall–Kier alpha value is -3.13. The van der Waals surface area contributed by atoms with E-state index in [0.717, 1.165) is 11.1 Å². The van der Waals surface area contributed by atoms with Crippen molar-refractivity contribution in [3.8, 4) is 11.5 Å². The molecule has 0 spiro atoms. The van der Waals surface area contributed by atoms with Gasteiger partial charge in [0.1, 0.15) is 6.04 Å². The summed E-state index contributed by atoms with van der Waals surface area (Å²) in [7, 11) is 4.52. The Labute approximate surface area is 173 Å². The molecule has 150 valence electrons. The van der Waals surface area contributed by atoms with Gasteiger partial charge in [-0.05, 0) is 59.7 Å². The molecule has 0 saturated carbocycles. The Balaban J connectivity index is 1.64. The molecule has 0 unspecified atom stereocenters. The first-order chi connectivity index (χ1) is 14.0. The number of thiocarbonyl (C=S) groups is 1. The summed E-state index contributed by atoms with van der Waals surface area (Å²) in [6, 6.07) is 10.1. The zero-order valence-electron chi connectivity index (χ0n) is 16.3. The third-order valence-electron chi connectivity index (χ3n) is 5.32. The SMILES string of the molecule is COC(=O)c1ccc(N2C(=O)[C@H]3Cc4cc(OC)c(OC)cc4CN3C2=S)cc1. The molecule has 0 aliphatic carbocycles. The Morgan fingerprint density at radius 2 is 1.66 bits per heavy atom. The molecule has 2 aromatic rings. The monoisotopic (exact) mass is 412 g/mol. The van der Waals surface area contributed by atoms with E-state index in [2.05, 4.69) is 0 Å². The number of anilines is 1. The average molecular weight is 412 g/mol. The van der Waals surface area contributed by atoms with E-state index >= 15 is 0 Å². The first-order valence-corrected chi connectivity index (χ1v) is 9.46. The molecule has 2 aliphatic heterocycles. The highest BCUT2D eigenvalue weighted by Crippen LogP contribution is 2.38. The van der Waals surface area contributed by atoms with Crippen LogP contribution in [0.1, 0.15) is 21.5 Å². The molecule has 8 heteroatoms. The Kier molecular flexibility index (Phi) is 4.87. The zero-order chi connectivity index (χ0) is 20.7. The van der Waals surface area contributed by atoms with E-state index in [4.69, 9.17) is 26.4 Å². The number of carbonyl (C=O) groups is 2. The topological polar surface area (TPSA) is 68.3 Å². The van der Waals surface area contributed by atoms with E-state index in [0.29, 0.717) is 40.8 Å². The normalized spacial score (nSPS) is 17.7. The minimum Gasteiger partial charge on any atom is -0.493 e. The van der Waals surface area contributed by atoms with Gasteiger partial charge in [-0.2, -0.15) is 0 Å². The summed E-state index contributed by atoms with van der Waals surface area (Å²) in [6.45, 7) is 0.516. The third kappa shape index (κ3) is 3.09. The maximum absolute atomic E-state index is 13.2. The van der Waals surface area contributed by atoms with Crippen LogP contribution in [0.25, 0.3) is 0 Å². The molecular formula is C21H20N2O5S. The highest BCUT2D eigenvalue weighted by Gasteiger charge is 2.45. The van der Waals surface area contributed by atoms with Gasteiger partial charge in [0.15, 0.2) is 16.6 Å². The molecule has 1 amide bonds. The number of nitrogens with zero attached hydrogens (tertiary/aromatic N) is 2. The minimum absolute atomic E-state index is 0.0822. The number of carbonyl (C=O) groups excluding carboxylic acids is 2. The number of fused-ring (bicyclic) bond motifs is 2. The molecule has 0 aromatic heterocycles. The summed E-state index contributed by atoms with van der Waals surface area (Å²) in [5.41, 5.74) is 3.14. The number of benzene rings is 2. The lowest BCUT2D eigenvalue weighted by Gasteiger charge is -2.31. The second-order valence-electron chi connectivity index (χ2n) is 6.82. The lowest BCUT2D eigenvalue weighted by atomic mass is 9.94. The molecule has 0 radical (unpaired) electrons. The number of ether oxygens (including phenoxy) is 3. The summed E-state index contributed by atoms with van der Waals surface area (Å²) in [5.74, 6) is 0.781. The summed E-state index contributed by atoms with van der Waals surface area (Å²) in [4.78, 5) is 28.3. The van der Waals surface area contributed by atoms with Crippen molar-refractivity contribution in [2.24, 2.45) is 0 Å². The number of amides is 1. The molecular weight excluding hydrogens is 392 g/mol. The van der Waals surface area contributed by atoms with E-state index < -0.39 is 5.97 Å². The van der Waals surface area contributed by atoms with E-state index in [1.54, 1.807) is 38.5 Å².